The van der Waals surface area contributed by atoms with Crippen molar-refractivity contribution < 1.29 is 9.21 Å². The molecule has 4 rings (SSSR count). The van der Waals surface area contributed by atoms with Gasteiger partial charge in [-0.2, -0.15) is 9.90 Å². The fourth-order valence-electron chi connectivity index (χ4n) is 2.60. The van der Waals surface area contributed by atoms with Crippen molar-refractivity contribution in [3.05, 3.63) is 76.5 Å². The molecule has 0 fully saturated rings. The fourth-order valence-corrected chi connectivity index (χ4v) is 3.10. The average Bonchev–Trinajstić information content (AvgIpc) is 3.39. The lowest BCUT2D eigenvalue weighted by atomic mass is 10.2. The highest BCUT2D eigenvalue weighted by Crippen LogP contribution is 2.31. The van der Waals surface area contributed by atoms with Gasteiger partial charge in [-0.1, -0.05) is 53.5 Å². The number of benzene rings is 2. The number of nitrogens with one attached hydrogen (secondary N) is 1. The first-order valence-electron chi connectivity index (χ1n) is 8.79. The van der Waals surface area contributed by atoms with Crippen molar-refractivity contribution in [1.29, 1.82) is 0 Å². The van der Waals surface area contributed by atoms with Gasteiger partial charge in [-0.3, -0.25) is 4.79 Å². The van der Waals surface area contributed by atoms with Crippen LogP contribution in [-0.2, 0) is 11.3 Å². The molecule has 8 nitrogen and oxygen atoms in total. The number of tetrazole rings is 1. The minimum atomic E-state index is -0.407. The first kappa shape index (κ1) is 19.8. The second kappa shape index (κ2) is 8.89. The van der Waals surface area contributed by atoms with Gasteiger partial charge in [0, 0.05) is 16.1 Å². The van der Waals surface area contributed by atoms with Crippen LogP contribution in [0.15, 0.2) is 70.2 Å². The Morgan fingerprint density at radius 3 is 2.77 bits per heavy atom. The maximum Gasteiger partial charge on any atom is 0.263 e. The lowest BCUT2D eigenvalue weighted by Crippen LogP contribution is -2.24. The molecule has 0 spiro atoms. The summed E-state index contributed by atoms with van der Waals surface area (Å²) >= 11 is 12.1. The molecule has 2 aromatic heterocycles. The molecule has 30 heavy (non-hydrogen) atoms. The molecule has 0 aliphatic heterocycles. The molecule has 0 bridgehead atoms. The second-order valence-electron chi connectivity index (χ2n) is 6.13. The number of halogens is 2. The zero-order valence-corrected chi connectivity index (χ0v) is 16.9. The van der Waals surface area contributed by atoms with E-state index in [0.717, 1.165) is 5.56 Å². The largest absolute Gasteiger partial charge is 0.455 e. The maximum atomic E-state index is 12.0. The minimum absolute atomic E-state index is 0.124. The standard InChI is InChI=1S/C20H14Cl2N6O2/c21-14-6-8-16(17(22)10-14)18-9-7-15(30-18)11-23-24-19(29)12-28-26-20(25-27-28)13-4-2-1-3-5-13/h1-11H,12H2,(H,24,29)/b23-11-. The highest BCUT2D eigenvalue weighted by molar-refractivity contribution is 6.36. The summed E-state index contributed by atoms with van der Waals surface area (Å²) < 4.78 is 5.67. The Morgan fingerprint density at radius 2 is 1.97 bits per heavy atom. The fraction of sp³-hybridized carbons (Fsp3) is 0.0500. The van der Waals surface area contributed by atoms with Crippen molar-refractivity contribution in [2.45, 2.75) is 6.54 Å². The highest BCUT2D eigenvalue weighted by atomic mass is 35.5. The van der Waals surface area contributed by atoms with Crippen molar-refractivity contribution in [1.82, 2.24) is 25.6 Å². The molecule has 1 amide bonds. The molecule has 4 aromatic rings. The summed E-state index contributed by atoms with van der Waals surface area (Å²) in [5, 5.41) is 16.9. The van der Waals surface area contributed by atoms with Crippen molar-refractivity contribution in [3.8, 4) is 22.7 Å². The third-order valence-corrected chi connectivity index (χ3v) is 4.52. The van der Waals surface area contributed by atoms with E-state index in [2.05, 4.69) is 25.9 Å². The van der Waals surface area contributed by atoms with Gasteiger partial charge in [0.1, 0.15) is 18.1 Å². The third-order valence-electron chi connectivity index (χ3n) is 3.97. The number of amides is 1. The van der Waals surface area contributed by atoms with Crippen LogP contribution < -0.4 is 5.43 Å². The lowest BCUT2D eigenvalue weighted by Gasteiger charge is -2.00. The van der Waals surface area contributed by atoms with Gasteiger partial charge in [-0.25, -0.2) is 5.43 Å². The summed E-state index contributed by atoms with van der Waals surface area (Å²) in [5.41, 5.74) is 3.92. The number of hydrazone groups is 1. The SMILES string of the molecule is O=C(Cn1nnc(-c2ccccc2)n1)N/N=C\c1ccc(-c2ccc(Cl)cc2Cl)o1. The van der Waals surface area contributed by atoms with Gasteiger partial charge in [0.15, 0.2) is 0 Å². The van der Waals surface area contributed by atoms with Crippen LogP contribution in [0.2, 0.25) is 10.0 Å². The predicted octanol–water partition coefficient (Wildman–Crippen LogP) is 4.06. The second-order valence-corrected chi connectivity index (χ2v) is 6.97. The van der Waals surface area contributed by atoms with E-state index >= 15 is 0 Å². The molecular weight excluding hydrogens is 427 g/mol. The van der Waals surface area contributed by atoms with Crippen LogP contribution in [0.4, 0.5) is 0 Å². The summed E-state index contributed by atoms with van der Waals surface area (Å²) in [4.78, 5) is 13.2. The smallest absolute Gasteiger partial charge is 0.263 e. The zero-order valence-electron chi connectivity index (χ0n) is 15.4. The van der Waals surface area contributed by atoms with Crippen LogP contribution in [0.3, 0.4) is 0 Å². The van der Waals surface area contributed by atoms with E-state index in [9.17, 15) is 4.79 Å². The molecule has 0 radical (unpaired) electrons. The van der Waals surface area contributed by atoms with Gasteiger partial charge < -0.3 is 4.42 Å². The zero-order chi connectivity index (χ0) is 20.9. The number of aromatic nitrogens is 4. The average molecular weight is 441 g/mol. The van der Waals surface area contributed by atoms with Crippen LogP contribution in [0.1, 0.15) is 5.76 Å². The molecule has 0 saturated heterocycles. The number of nitrogens with zero attached hydrogens (tertiary/aromatic N) is 5. The van der Waals surface area contributed by atoms with Gasteiger partial charge in [-0.05, 0) is 35.5 Å². The van der Waals surface area contributed by atoms with Gasteiger partial charge in [-0.15, -0.1) is 10.2 Å². The van der Waals surface area contributed by atoms with Crippen LogP contribution in [-0.4, -0.2) is 32.3 Å². The summed E-state index contributed by atoms with van der Waals surface area (Å²) in [7, 11) is 0. The topological polar surface area (TPSA) is 98.2 Å². The summed E-state index contributed by atoms with van der Waals surface area (Å²) in [6.07, 6.45) is 1.38. The molecule has 1 N–H and O–H groups in total. The first-order valence-corrected chi connectivity index (χ1v) is 9.54. The number of carbonyl (C=O) groups is 1. The summed E-state index contributed by atoms with van der Waals surface area (Å²) in [6.45, 7) is -0.124. The Hall–Kier alpha value is -3.49. The lowest BCUT2D eigenvalue weighted by molar-refractivity contribution is -0.122. The van der Waals surface area contributed by atoms with Gasteiger partial charge >= 0.3 is 0 Å². The van der Waals surface area contributed by atoms with Gasteiger partial charge in [0.05, 0.1) is 11.2 Å². The van der Waals surface area contributed by atoms with Crippen molar-refractivity contribution >= 4 is 35.3 Å². The number of rotatable bonds is 6. The van der Waals surface area contributed by atoms with Crippen LogP contribution in [0, 0.1) is 0 Å². The van der Waals surface area contributed by atoms with E-state index in [1.165, 1.54) is 11.0 Å². The van der Waals surface area contributed by atoms with Gasteiger partial charge in [0.2, 0.25) is 5.82 Å². The van der Waals surface area contributed by atoms with Crippen molar-refractivity contribution in [3.63, 3.8) is 0 Å². The molecule has 0 aliphatic carbocycles. The number of hydrogen-bond donors (Lipinski definition) is 1. The van der Waals surface area contributed by atoms with Crippen molar-refractivity contribution in [2.24, 2.45) is 5.10 Å². The predicted molar refractivity (Wildman–Crippen MR) is 113 cm³/mol. The van der Waals surface area contributed by atoms with E-state index in [4.69, 9.17) is 27.6 Å². The number of hydrogen-bond acceptors (Lipinski definition) is 6. The number of furan rings is 1. The molecule has 0 unspecified atom stereocenters. The highest BCUT2D eigenvalue weighted by Gasteiger charge is 2.10. The molecule has 150 valence electrons. The Labute approximate surface area is 181 Å². The Morgan fingerprint density at radius 1 is 1.13 bits per heavy atom. The third kappa shape index (κ3) is 4.73. The maximum absolute atomic E-state index is 12.0. The molecule has 0 saturated carbocycles. The van der Waals surface area contributed by atoms with E-state index in [1.54, 1.807) is 30.3 Å². The van der Waals surface area contributed by atoms with Crippen LogP contribution in [0.5, 0.6) is 0 Å². The Kier molecular flexibility index (Phi) is 5.87. The van der Waals surface area contributed by atoms with Crippen LogP contribution >= 0.6 is 23.2 Å². The monoisotopic (exact) mass is 440 g/mol. The van der Waals surface area contributed by atoms with E-state index in [-0.39, 0.29) is 6.54 Å². The first-order chi connectivity index (χ1) is 14.6. The summed E-state index contributed by atoms with van der Waals surface area (Å²) in [6, 6.07) is 17.9. The minimum Gasteiger partial charge on any atom is -0.455 e. The van der Waals surface area contributed by atoms with Gasteiger partial charge in [0.25, 0.3) is 5.91 Å². The molecule has 10 heteroatoms. The normalized spacial score (nSPS) is 11.1. The molecule has 2 aromatic carbocycles. The Bertz CT molecular complexity index is 1200. The number of carbonyl (C=O) groups excluding carboxylic acids is 1. The molecule has 0 atom stereocenters. The summed E-state index contributed by atoms with van der Waals surface area (Å²) in [5.74, 6) is 1.04. The van der Waals surface area contributed by atoms with E-state index < -0.39 is 5.91 Å². The van der Waals surface area contributed by atoms with Crippen molar-refractivity contribution in [2.75, 3.05) is 0 Å². The van der Waals surface area contributed by atoms with E-state index in [0.29, 0.717) is 33.0 Å². The van der Waals surface area contributed by atoms with E-state index in [1.807, 2.05) is 30.3 Å². The molecule has 2 heterocycles. The Balaban J connectivity index is 1.34. The molecular formula is C20H14Cl2N6O2. The molecule has 0 aliphatic rings. The quantitative estimate of drug-likeness (QED) is 0.360. The van der Waals surface area contributed by atoms with Crippen LogP contribution in [0.25, 0.3) is 22.7 Å².